The number of fused-ring (bicyclic) bond motifs is 1. The monoisotopic (exact) mass is 442 g/mol. The number of nitrogens with one attached hydrogen (secondary N) is 2. The Morgan fingerprint density at radius 1 is 1.12 bits per heavy atom. The van der Waals surface area contributed by atoms with Crippen LogP contribution in [0.25, 0.3) is 17.2 Å². The van der Waals surface area contributed by atoms with Crippen molar-refractivity contribution in [3.63, 3.8) is 0 Å². The number of anilines is 1. The lowest BCUT2D eigenvalue weighted by Crippen LogP contribution is -2.52. The first-order valence-electron chi connectivity index (χ1n) is 10.2. The first kappa shape index (κ1) is 20.4. The maximum Gasteiger partial charge on any atom is 0.417 e. The summed E-state index contributed by atoms with van der Waals surface area (Å²) >= 11 is 0. The molecule has 5 heterocycles. The number of halogens is 3. The molecule has 1 fully saturated rings. The average molecular weight is 442 g/mol. The van der Waals surface area contributed by atoms with Crippen LogP contribution in [0.5, 0.6) is 0 Å². The molecule has 2 N–H and O–H groups in total. The first-order valence-corrected chi connectivity index (χ1v) is 10.2. The van der Waals surface area contributed by atoms with Gasteiger partial charge in [0.1, 0.15) is 17.2 Å². The first-order chi connectivity index (χ1) is 15.3. The number of hydrogen-bond donors (Lipinski definition) is 2. The van der Waals surface area contributed by atoms with Crippen molar-refractivity contribution in [2.75, 3.05) is 18.0 Å². The van der Waals surface area contributed by atoms with E-state index in [0.717, 1.165) is 36.6 Å². The summed E-state index contributed by atoms with van der Waals surface area (Å²) in [5.74, 6) is 1.02. The summed E-state index contributed by atoms with van der Waals surface area (Å²) in [6.45, 7) is 5.58. The number of imidazole rings is 1. The number of hydrogen-bond acceptors (Lipinski definition) is 6. The predicted octanol–water partition coefficient (Wildman–Crippen LogP) is 3.38. The van der Waals surface area contributed by atoms with Gasteiger partial charge in [-0.15, -0.1) is 0 Å². The molecule has 0 spiro atoms. The van der Waals surface area contributed by atoms with Gasteiger partial charge in [0.25, 0.3) is 0 Å². The van der Waals surface area contributed by atoms with Crippen molar-refractivity contribution in [2.45, 2.75) is 32.1 Å². The van der Waals surface area contributed by atoms with Crippen molar-refractivity contribution < 1.29 is 13.2 Å². The van der Waals surface area contributed by atoms with Crippen molar-refractivity contribution in [3.8, 4) is 11.5 Å². The van der Waals surface area contributed by atoms with Crippen LogP contribution in [-0.2, 0) is 6.18 Å². The Balaban J connectivity index is 1.51. The number of rotatable bonds is 3. The molecule has 4 aromatic rings. The van der Waals surface area contributed by atoms with E-state index in [0.29, 0.717) is 23.0 Å². The second kappa shape index (κ2) is 7.59. The van der Waals surface area contributed by atoms with E-state index in [2.05, 4.69) is 37.3 Å². The van der Waals surface area contributed by atoms with Gasteiger partial charge in [-0.05, 0) is 32.0 Å². The van der Waals surface area contributed by atoms with E-state index in [1.54, 1.807) is 6.20 Å². The van der Waals surface area contributed by atoms with Gasteiger partial charge in [-0.1, -0.05) is 0 Å². The van der Waals surface area contributed by atoms with Crippen LogP contribution in [0.15, 0.2) is 43.0 Å². The van der Waals surface area contributed by atoms with E-state index in [4.69, 9.17) is 4.98 Å². The minimum atomic E-state index is -4.45. The fourth-order valence-corrected chi connectivity index (χ4v) is 4.21. The summed E-state index contributed by atoms with van der Waals surface area (Å²) < 4.78 is 41.0. The van der Waals surface area contributed by atoms with Crippen LogP contribution in [0.2, 0.25) is 0 Å². The minimum Gasteiger partial charge on any atom is -0.351 e. The fourth-order valence-electron chi connectivity index (χ4n) is 4.21. The Morgan fingerprint density at radius 2 is 1.97 bits per heavy atom. The van der Waals surface area contributed by atoms with Gasteiger partial charge in [0.15, 0.2) is 5.82 Å². The molecule has 0 radical (unpaired) electrons. The molecule has 2 atom stereocenters. The smallest absolute Gasteiger partial charge is 0.351 e. The molecule has 0 aliphatic carbocycles. The minimum absolute atomic E-state index is 0.0612. The van der Waals surface area contributed by atoms with Gasteiger partial charge in [-0.3, -0.25) is 9.50 Å². The molecule has 1 aliphatic rings. The average Bonchev–Trinajstić information content (AvgIpc) is 3.39. The number of nitrogens with zero attached hydrogens (tertiary/aromatic N) is 6. The molecule has 0 saturated carbocycles. The normalized spacial score (nSPS) is 19.6. The zero-order valence-corrected chi connectivity index (χ0v) is 17.4. The van der Waals surface area contributed by atoms with Crippen molar-refractivity contribution in [1.82, 2.24) is 34.9 Å². The number of piperazine rings is 1. The highest BCUT2D eigenvalue weighted by molar-refractivity contribution is 5.59. The van der Waals surface area contributed by atoms with Crippen molar-refractivity contribution in [2.24, 2.45) is 0 Å². The number of H-pyrrole nitrogens is 1. The Kier molecular flexibility index (Phi) is 4.85. The molecule has 0 bridgehead atoms. The van der Waals surface area contributed by atoms with Crippen LogP contribution in [0.3, 0.4) is 0 Å². The number of aromatic nitrogens is 6. The van der Waals surface area contributed by atoms with Gasteiger partial charge in [-0.25, -0.2) is 15.0 Å². The molecule has 8 nitrogen and oxygen atoms in total. The highest BCUT2D eigenvalue weighted by atomic mass is 19.4. The van der Waals surface area contributed by atoms with Crippen molar-refractivity contribution in [3.05, 3.63) is 59.8 Å². The molecule has 1 saturated heterocycles. The summed E-state index contributed by atoms with van der Waals surface area (Å²) in [5, 5.41) is 10.6. The largest absolute Gasteiger partial charge is 0.417 e. The van der Waals surface area contributed by atoms with Gasteiger partial charge >= 0.3 is 6.18 Å². The molecular formula is C21H21F3N8. The summed E-state index contributed by atoms with van der Waals surface area (Å²) in [6, 6.07) is 4.30. The Bertz CT molecular complexity index is 1260. The summed E-state index contributed by atoms with van der Waals surface area (Å²) in [6.07, 6.45) is 1.52. The van der Waals surface area contributed by atoms with E-state index in [-0.39, 0.29) is 12.1 Å². The highest BCUT2D eigenvalue weighted by Crippen LogP contribution is 2.32. The van der Waals surface area contributed by atoms with Crippen LogP contribution in [0.1, 0.15) is 29.8 Å². The number of aryl methyl sites for hydroxylation is 1. The third-order valence-corrected chi connectivity index (χ3v) is 5.89. The van der Waals surface area contributed by atoms with Gasteiger partial charge in [0.05, 0.1) is 24.0 Å². The Labute approximate surface area is 181 Å². The molecule has 4 aromatic heterocycles. The number of alkyl halides is 3. The number of pyridine rings is 1. The van der Waals surface area contributed by atoms with E-state index in [9.17, 15) is 13.2 Å². The van der Waals surface area contributed by atoms with Crippen molar-refractivity contribution in [1.29, 1.82) is 0 Å². The summed E-state index contributed by atoms with van der Waals surface area (Å²) in [5.41, 5.74) is 2.14. The molecule has 2 unspecified atom stereocenters. The van der Waals surface area contributed by atoms with Crippen molar-refractivity contribution >= 4 is 11.5 Å². The predicted molar refractivity (Wildman–Crippen MR) is 112 cm³/mol. The second-order valence-corrected chi connectivity index (χ2v) is 7.84. The Morgan fingerprint density at radius 3 is 2.72 bits per heavy atom. The summed E-state index contributed by atoms with van der Waals surface area (Å²) in [7, 11) is 0. The van der Waals surface area contributed by atoms with E-state index < -0.39 is 11.7 Å². The van der Waals surface area contributed by atoms with Crippen LogP contribution < -0.4 is 10.2 Å². The van der Waals surface area contributed by atoms with E-state index in [1.165, 1.54) is 16.7 Å². The molecule has 0 amide bonds. The second-order valence-electron chi connectivity index (χ2n) is 7.84. The SMILES string of the molecule is Cc1[nH]ncc1C1NCCN(c2ccnc(-c3cnc4ccc(C(F)(F)F)cn34)n2)C1C. The van der Waals surface area contributed by atoms with Gasteiger partial charge in [-0.2, -0.15) is 18.3 Å². The van der Waals surface area contributed by atoms with E-state index in [1.807, 2.05) is 19.2 Å². The molecule has 1 aliphatic heterocycles. The fraction of sp³-hybridized carbons (Fsp3) is 0.333. The topological polar surface area (TPSA) is 87.0 Å². The van der Waals surface area contributed by atoms with Gasteiger partial charge in [0, 0.05) is 42.8 Å². The molecule has 5 rings (SSSR count). The quantitative estimate of drug-likeness (QED) is 0.506. The van der Waals surface area contributed by atoms with Gasteiger partial charge in [0.2, 0.25) is 0 Å². The molecular weight excluding hydrogens is 421 g/mol. The lowest BCUT2D eigenvalue weighted by molar-refractivity contribution is -0.137. The molecule has 166 valence electrons. The lowest BCUT2D eigenvalue weighted by Gasteiger charge is -2.41. The zero-order chi connectivity index (χ0) is 22.5. The van der Waals surface area contributed by atoms with Crippen LogP contribution in [0, 0.1) is 6.92 Å². The lowest BCUT2D eigenvalue weighted by atomic mass is 9.97. The van der Waals surface area contributed by atoms with E-state index >= 15 is 0 Å². The molecule has 32 heavy (non-hydrogen) atoms. The van der Waals surface area contributed by atoms with Crippen LogP contribution >= 0.6 is 0 Å². The third-order valence-electron chi connectivity index (χ3n) is 5.89. The molecule has 0 aromatic carbocycles. The third kappa shape index (κ3) is 3.48. The zero-order valence-electron chi connectivity index (χ0n) is 17.4. The van der Waals surface area contributed by atoms with Crippen LogP contribution in [0.4, 0.5) is 19.0 Å². The highest BCUT2D eigenvalue weighted by Gasteiger charge is 2.32. The maximum absolute atomic E-state index is 13.2. The maximum atomic E-state index is 13.2. The number of aromatic amines is 1. The van der Waals surface area contributed by atoms with Crippen LogP contribution in [-0.4, -0.2) is 48.7 Å². The molecule has 11 heteroatoms. The van der Waals surface area contributed by atoms with Gasteiger partial charge < -0.3 is 10.2 Å². The summed E-state index contributed by atoms with van der Waals surface area (Å²) in [4.78, 5) is 15.4. The Hall–Kier alpha value is -3.47. The standard InChI is InChI=1S/C21H21F3N8/c1-12-15(9-28-30-12)19-13(2)31(8-7-25-19)18-5-6-26-20(29-18)16-10-27-17-4-3-14(11-32(16)17)21(22,23)24/h3-6,9-11,13,19,25H,7-8H2,1-2H3,(H,28,30).